The average molecular weight is 482 g/mol. The number of nitrogens with two attached hydrogens (primary N) is 1. The van der Waals surface area contributed by atoms with Gasteiger partial charge in [0.2, 0.25) is 0 Å². The molecule has 2 aliphatic rings. The maximum absolute atomic E-state index is 13.3. The topological polar surface area (TPSA) is 108 Å². The molecule has 2 fully saturated rings. The fraction of sp³-hybridized carbons (Fsp3) is 0.680. The maximum Gasteiger partial charge on any atom is 0.178 e. The van der Waals surface area contributed by atoms with Gasteiger partial charge in [0, 0.05) is 32.4 Å². The molecule has 186 valence electrons. The number of ether oxygens (including phenoxy) is 3. The van der Waals surface area contributed by atoms with E-state index in [4.69, 9.17) is 19.9 Å². The van der Waals surface area contributed by atoms with Crippen LogP contribution in [0.25, 0.3) is 0 Å². The highest BCUT2D eigenvalue weighted by Crippen LogP contribution is 2.40. The smallest absolute Gasteiger partial charge is 0.178 e. The molecule has 1 aromatic rings. The second-order valence-electron chi connectivity index (χ2n) is 9.40. The van der Waals surface area contributed by atoms with Crippen LogP contribution in [0.15, 0.2) is 47.4 Å². The predicted molar refractivity (Wildman–Crippen MR) is 128 cm³/mol. The van der Waals surface area contributed by atoms with Gasteiger partial charge in [-0.3, -0.25) is 0 Å². The molecule has 33 heavy (non-hydrogen) atoms. The Bertz CT molecular complexity index is 876. The summed E-state index contributed by atoms with van der Waals surface area (Å²) in [6.45, 7) is 8.64. The van der Waals surface area contributed by atoms with Crippen LogP contribution in [0.2, 0.25) is 0 Å². The van der Waals surface area contributed by atoms with Crippen molar-refractivity contribution in [2.75, 3.05) is 19.4 Å². The number of hydrogen-bond donors (Lipinski definition) is 2. The van der Waals surface area contributed by atoms with Crippen molar-refractivity contribution in [2.24, 2.45) is 17.6 Å². The molecule has 0 aliphatic carbocycles. The number of rotatable bonds is 10. The summed E-state index contributed by atoms with van der Waals surface area (Å²) in [6.07, 6.45) is 0.496. The van der Waals surface area contributed by atoms with Crippen LogP contribution >= 0.6 is 0 Å². The van der Waals surface area contributed by atoms with E-state index in [0.29, 0.717) is 12.3 Å². The third-order valence-corrected chi connectivity index (χ3v) is 8.91. The van der Waals surface area contributed by atoms with Crippen molar-refractivity contribution < 1.29 is 27.7 Å². The molecule has 0 saturated carbocycles. The van der Waals surface area contributed by atoms with E-state index >= 15 is 0 Å². The van der Waals surface area contributed by atoms with E-state index in [0.717, 1.165) is 18.4 Å². The van der Waals surface area contributed by atoms with Gasteiger partial charge in [-0.15, -0.1) is 0 Å². The normalized spacial score (nSPS) is 33.8. The first-order valence-corrected chi connectivity index (χ1v) is 13.5. The third-order valence-electron chi connectivity index (χ3n) is 7.10. The van der Waals surface area contributed by atoms with E-state index < -0.39 is 40.2 Å². The molecule has 0 aromatic heterocycles. The van der Waals surface area contributed by atoms with E-state index in [9.17, 15) is 13.5 Å². The number of hydrogen-bond acceptors (Lipinski definition) is 7. The molecular formula is C25H39NO6S. The van der Waals surface area contributed by atoms with Gasteiger partial charge in [-0.2, -0.15) is 0 Å². The van der Waals surface area contributed by atoms with Gasteiger partial charge in [-0.1, -0.05) is 38.6 Å². The van der Waals surface area contributed by atoms with E-state index in [1.807, 2.05) is 0 Å². The van der Waals surface area contributed by atoms with Crippen molar-refractivity contribution in [3.05, 3.63) is 42.5 Å². The molecule has 1 aromatic carbocycles. The summed E-state index contributed by atoms with van der Waals surface area (Å²) in [4.78, 5) is 0.280. The molecule has 0 spiro atoms. The van der Waals surface area contributed by atoms with E-state index in [1.54, 1.807) is 37.4 Å². The quantitative estimate of drug-likeness (QED) is 0.495. The number of benzene rings is 1. The van der Waals surface area contributed by atoms with Crippen LogP contribution in [0.5, 0.6) is 0 Å². The van der Waals surface area contributed by atoms with Gasteiger partial charge >= 0.3 is 0 Å². The molecular weight excluding hydrogens is 442 g/mol. The molecule has 3 N–H and O–H groups in total. The first kappa shape index (κ1) is 26.3. The Morgan fingerprint density at radius 2 is 1.94 bits per heavy atom. The van der Waals surface area contributed by atoms with Gasteiger partial charge in [0.25, 0.3) is 0 Å². The zero-order valence-electron chi connectivity index (χ0n) is 19.9. The lowest BCUT2D eigenvalue weighted by molar-refractivity contribution is -0.0725. The number of aliphatic hydroxyl groups is 1. The van der Waals surface area contributed by atoms with Crippen LogP contribution in [0.3, 0.4) is 0 Å². The van der Waals surface area contributed by atoms with Crippen LogP contribution in [0, 0.1) is 11.8 Å². The van der Waals surface area contributed by atoms with Gasteiger partial charge in [0.05, 0.1) is 47.3 Å². The van der Waals surface area contributed by atoms with E-state index in [1.165, 1.54) is 0 Å². The van der Waals surface area contributed by atoms with Crippen molar-refractivity contribution in [2.45, 2.75) is 81.1 Å². The fourth-order valence-electron chi connectivity index (χ4n) is 5.10. The average Bonchev–Trinajstić information content (AvgIpc) is 3.11. The van der Waals surface area contributed by atoms with Crippen LogP contribution in [-0.2, 0) is 24.0 Å². The predicted octanol–water partition coefficient (Wildman–Crippen LogP) is 2.72. The number of sulfone groups is 1. The molecule has 2 heterocycles. The monoisotopic (exact) mass is 481 g/mol. The van der Waals surface area contributed by atoms with Crippen molar-refractivity contribution in [3.8, 4) is 0 Å². The molecule has 2 saturated heterocycles. The van der Waals surface area contributed by atoms with Gasteiger partial charge in [0.1, 0.15) is 0 Å². The molecule has 0 amide bonds. The maximum atomic E-state index is 13.3. The zero-order valence-corrected chi connectivity index (χ0v) is 20.7. The largest absolute Gasteiger partial charge is 0.392 e. The third kappa shape index (κ3) is 6.24. The summed E-state index contributed by atoms with van der Waals surface area (Å²) in [5, 5.41) is 10.2. The highest BCUT2D eigenvalue weighted by atomic mass is 32.2. The summed E-state index contributed by atoms with van der Waals surface area (Å²) < 4.78 is 45.0. The Morgan fingerprint density at radius 3 is 2.55 bits per heavy atom. The lowest BCUT2D eigenvalue weighted by Gasteiger charge is -2.37. The lowest BCUT2D eigenvalue weighted by Crippen LogP contribution is -2.40. The summed E-state index contributed by atoms with van der Waals surface area (Å²) in [6, 6.07) is 8.44. The Hall–Kier alpha value is -1.29. The zero-order chi connectivity index (χ0) is 24.2. The Balaban J connectivity index is 1.87. The van der Waals surface area contributed by atoms with Crippen LogP contribution in [-0.4, -0.2) is 69.6 Å². The highest BCUT2D eigenvalue weighted by molar-refractivity contribution is 7.91. The summed E-state index contributed by atoms with van der Waals surface area (Å²) in [5.41, 5.74) is 6.64. The molecule has 7 nitrogen and oxygen atoms in total. The first-order chi connectivity index (χ1) is 15.7. The molecule has 0 bridgehead atoms. The lowest BCUT2D eigenvalue weighted by atomic mass is 9.84. The van der Waals surface area contributed by atoms with Crippen molar-refractivity contribution in [1.82, 2.24) is 0 Å². The molecule has 8 heteroatoms. The second-order valence-corrected chi connectivity index (χ2v) is 11.4. The van der Waals surface area contributed by atoms with Crippen LogP contribution in [0.1, 0.15) is 39.5 Å². The molecule has 0 unspecified atom stereocenters. The molecule has 8 atom stereocenters. The molecule has 3 rings (SSSR count). The van der Waals surface area contributed by atoms with Crippen molar-refractivity contribution in [1.29, 1.82) is 0 Å². The second kappa shape index (κ2) is 11.4. The highest BCUT2D eigenvalue weighted by Gasteiger charge is 2.48. The Labute approximate surface area is 198 Å². The van der Waals surface area contributed by atoms with Gasteiger partial charge in [-0.05, 0) is 36.5 Å². The molecule has 0 radical (unpaired) electrons. The van der Waals surface area contributed by atoms with Crippen molar-refractivity contribution in [3.63, 3.8) is 0 Å². The Morgan fingerprint density at radius 1 is 1.24 bits per heavy atom. The minimum absolute atomic E-state index is 0.103. The summed E-state index contributed by atoms with van der Waals surface area (Å²) in [7, 11) is -2.01. The first-order valence-electron chi connectivity index (χ1n) is 11.9. The van der Waals surface area contributed by atoms with Crippen molar-refractivity contribution >= 4 is 9.84 Å². The number of aliphatic hydroxyl groups excluding tert-OH is 1. The van der Waals surface area contributed by atoms with Crippen LogP contribution in [0.4, 0.5) is 0 Å². The fourth-order valence-corrected chi connectivity index (χ4v) is 6.78. The minimum Gasteiger partial charge on any atom is -0.392 e. The Kier molecular flexibility index (Phi) is 9.11. The summed E-state index contributed by atoms with van der Waals surface area (Å²) >= 11 is 0. The van der Waals surface area contributed by atoms with E-state index in [2.05, 4.69) is 20.4 Å². The molecule has 2 aliphatic heterocycles. The summed E-state index contributed by atoms with van der Waals surface area (Å²) in [5.74, 6) is -0.194. The van der Waals surface area contributed by atoms with E-state index in [-0.39, 0.29) is 35.8 Å². The van der Waals surface area contributed by atoms with Gasteiger partial charge in [-0.25, -0.2) is 8.42 Å². The van der Waals surface area contributed by atoms with Crippen LogP contribution < -0.4 is 5.73 Å². The SMILES string of the molecule is C=C1[C@H](C)C[C@H](CC)O[C@@H]1C[C@@H]1O[C@H](C[C@H](O)CN)[C@H](OC)[C@H]1CS(=O)(=O)c1ccccc1. The number of methoxy groups -OCH3 is 1. The van der Waals surface area contributed by atoms with Gasteiger partial charge < -0.3 is 25.1 Å². The minimum atomic E-state index is -3.57. The van der Waals surface area contributed by atoms with Gasteiger partial charge in [0.15, 0.2) is 9.84 Å². The standard InChI is InChI=1S/C25H39NO6S/c1-5-19-11-16(2)17(3)22(31-19)13-23-21(15-33(28,29)20-9-7-6-8-10-20)25(30-4)24(32-23)12-18(27)14-26/h6-10,16,18-19,21-25,27H,3,5,11-15,26H2,1-2,4H3/t16-,18+,19+,21+,22-,23+,24-,25-/m1/s1.